The van der Waals surface area contributed by atoms with Gasteiger partial charge in [0.1, 0.15) is 11.9 Å². The van der Waals surface area contributed by atoms with Crippen molar-refractivity contribution in [3.8, 4) is 16.9 Å². The molecular weight excluding hydrogens is 337 g/mol. The van der Waals surface area contributed by atoms with Crippen LogP contribution in [0.3, 0.4) is 0 Å². The van der Waals surface area contributed by atoms with Crippen LogP contribution in [0.15, 0.2) is 48.7 Å². The van der Waals surface area contributed by atoms with Crippen LogP contribution in [0, 0.1) is 10.1 Å². The minimum absolute atomic E-state index is 0.103. The number of nitrogens with zero attached hydrogens (tertiary/aromatic N) is 2. The number of methoxy groups -OCH3 is 1. The maximum absolute atomic E-state index is 12.9. The van der Waals surface area contributed by atoms with Gasteiger partial charge in [0.05, 0.1) is 28.7 Å². The fourth-order valence-electron chi connectivity index (χ4n) is 2.63. The molecule has 3 rings (SSSR count). The highest BCUT2D eigenvalue weighted by Gasteiger charge is 2.32. The van der Waals surface area contributed by atoms with E-state index in [1.807, 2.05) is 0 Å². The zero-order valence-corrected chi connectivity index (χ0v) is 12.9. The van der Waals surface area contributed by atoms with Gasteiger partial charge in [0, 0.05) is 10.9 Å². The molecule has 0 unspecified atom stereocenters. The summed E-state index contributed by atoms with van der Waals surface area (Å²) < 4.78 is 43.9. The molecule has 0 amide bonds. The van der Waals surface area contributed by atoms with E-state index in [2.05, 4.69) is 4.98 Å². The fourth-order valence-corrected chi connectivity index (χ4v) is 2.63. The Kier molecular flexibility index (Phi) is 4.03. The van der Waals surface area contributed by atoms with Crippen LogP contribution >= 0.6 is 0 Å². The highest BCUT2D eigenvalue weighted by Crippen LogP contribution is 2.42. The van der Waals surface area contributed by atoms with E-state index in [4.69, 9.17) is 4.74 Å². The lowest BCUT2D eigenvalue weighted by atomic mass is 9.97. The number of alkyl halides is 3. The molecule has 1 aromatic heterocycles. The van der Waals surface area contributed by atoms with Crippen LogP contribution in [0.4, 0.5) is 18.9 Å². The van der Waals surface area contributed by atoms with E-state index in [0.29, 0.717) is 10.9 Å². The zero-order chi connectivity index (χ0) is 18.2. The van der Waals surface area contributed by atoms with Gasteiger partial charge in [-0.1, -0.05) is 18.2 Å². The van der Waals surface area contributed by atoms with E-state index >= 15 is 0 Å². The van der Waals surface area contributed by atoms with Crippen LogP contribution in [0.25, 0.3) is 22.0 Å². The molecule has 0 spiro atoms. The highest BCUT2D eigenvalue weighted by atomic mass is 19.4. The summed E-state index contributed by atoms with van der Waals surface area (Å²) in [5.74, 6) is -0.103. The number of pyridine rings is 1. The minimum atomic E-state index is -4.54. The number of para-hydroxylation sites is 1. The van der Waals surface area contributed by atoms with Gasteiger partial charge in [0.25, 0.3) is 5.69 Å². The summed E-state index contributed by atoms with van der Waals surface area (Å²) in [6.07, 6.45) is -3.45. The molecule has 5 nitrogen and oxygen atoms in total. The average molecular weight is 348 g/mol. The van der Waals surface area contributed by atoms with E-state index < -0.39 is 16.7 Å². The first kappa shape index (κ1) is 16.7. The Hall–Kier alpha value is -3.16. The van der Waals surface area contributed by atoms with E-state index in [1.54, 1.807) is 24.3 Å². The summed E-state index contributed by atoms with van der Waals surface area (Å²) in [4.78, 5) is 14.8. The summed E-state index contributed by atoms with van der Waals surface area (Å²) in [6, 6.07) is 9.56. The van der Waals surface area contributed by atoms with Gasteiger partial charge in [-0.15, -0.1) is 0 Å². The van der Waals surface area contributed by atoms with E-state index in [1.165, 1.54) is 13.2 Å². The summed E-state index contributed by atoms with van der Waals surface area (Å²) in [5, 5.41) is 11.9. The van der Waals surface area contributed by atoms with E-state index in [9.17, 15) is 23.3 Å². The monoisotopic (exact) mass is 348 g/mol. The molecule has 2 aromatic carbocycles. The van der Waals surface area contributed by atoms with Crippen molar-refractivity contribution in [3.63, 3.8) is 0 Å². The van der Waals surface area contributed by atoms with Crippen LogP contribution in [-0.4, -0.2) is 17.0 Å². The van der Waals surface area contributed by atoms with Crippen molar-refractivity contribution in [3.05, 3.63) is 64.3 Å². The third kappa shape index (κ3) is 2.98. The van der Waals surface area contributed by atoms with Crippen LogP contribution in [0.1, 0.15) is 5.56 Å². The first-order valence-electron chi connectivity index (χ1n) is 7.10. The van der Waals surface area contributed by atoms with Gasteiger partial charge >= 0.3 is 6.18 Å². The molecule has 3 aromatic rings. The number of nitro groups is 1. The molecule has 0 aliphatic carbocycles. The molecule has 0 atom stereocenters. The number of halogens is 3. The van der Waals surface area contributed by atoms with Gasteiger partial charge in [-0.2, -0.15) is 13.2 Å². The molecular formula is C17H11F3N2O3. The predicted molar refractivity (Wildman–Crippen MR) is 85.4 cm³/mol. The van der Waals surface area contributed by atoms with Gasteiger partial charge in [-0.05, 0) is 24.3 Å². The second-order valence-electron chi connectivity index (χ2n) is 5.21. The Balaban J connectivity index is 2.36. The largest absolute Gasteiger partial charge is 0.496 e. The van der Waals surface area contributed by atoms with Crippen molar-refractivity contribution < 1.29 is 22.8 Å². The molecule has 0 saturated carbocycles. The first-order valence-corrected chi connectivity index (χ1v) is 7.10. The normalized spacial score (nSPS) is 11.5. The van der Waals surface area contributed by atoms with Gasteiger partial charge in [0.15, 0.2) is 0 Å². The summed E-state index contributed by atoms with van der Waals surface area (Å²) >= 11 is 0. The average Bonchev–Trinajstić information content (AvgIpc) is 2.59. The fraction of sp³-hybridized carbons (Fsp3) is 0.118. The molecule has 0 saturated heterocycles. The van der Waals surface area contributed by atoms with E-state index in [-0.39, 0.29) is 22.6 Å². The van der Waals surface area contributed by atoms with Crippen molar-refractivity contribution in [1.29, 1.82) is 0 Å². The molecule has 0 fully saturated rings. The molecule has 0 N–H and O–H groups in total. The number of rotatable bonds is 3. The Labute approximate surface area is 139 Å². The number of hydrogen-bond acceptors (Lipinski definition) is 4. The third-order valence-corrected chi connectivity index (χ3v) is 3.75. The van der Waals surface area contributed by atoms with Crippen molar-refractivity contribution in [2.45, 2.75) is 6.18 Å². The second-order valence-corrected chi connectivity index (χ2v) is 5.21. The van der Waals surface area contributed by atoms with Gasteiger partial charge in [-0.3, -0.25) is 10.1 Å². The lowest BCUT2D eigenvalue weighted by Gasteiger charge is -2.14. The topological polar surface area (TPSA) is 65.3 Å². The lowest BCUT2D eigenvalue weighted by molar-refractivity contribution is -0.384. The molecule has 0 radical (unpaired) electrons. The Morgan fingerprint density at radius 3 is 2.52 bits per heavy atom. The van der Waals surface area contributed by atoms with Crippen LogP contribution in [-0.2, 0) is 6.18 Å². The number of hydrogen-bond donors (Lipinski definition) is 0. The van der Waals surface area contributed by atoms with Crippen LogP contribution < -0.4 is 4.74 Å². The smallest absolute Gasteiger partial charge is 0.416 e. The standard InChI is InChI=1S/C17H11F3N2O3/c1-25-15-8-10(17(18,19)20)6-7-12(15)16-11-4-2-3-5-13(11)21-9-14(16)22(23)24/h2-9H,1H3. The number of ether oxygens (including phenoxy) is 1. The maximum Gasteiger partial charge on any atom is 0.416 e. The minimum Gasteiger partial charge on any atom is -0.496 e. The predicted octanol–water partition coefficient (Wildman–Crippen LogP) is 4.84. The molecule has 128 valence electrons. The third-order valence-electron chi connectivity index (χ3n) is 3.75. The van der Waals surface area contributed by atoms with Crippen LogP contribution in [0.2, 0.25) is 0 Å². The van der Waals surface area contributed by atoms with Gasteiger partial charge < -0.3 is 4.74 Å². The van der Waals surface area contributed by atoms with Crippen molar-refractivity contribution in [2.24, 2.45) is 0 Å². The molecule has 0 bridgehead atoms. The number of benzene rings is 2. The molecule has 25 heavy (non-hydrogen) atoms. The molecule has 1 heterocycles. The van der Waals surface area contributed by atoms with E-state index in [0.717, 1.165) is 18.3 Å². The Morgan fingerprint density at radius 2 is 1.88 bits per heavy atom. The zero-order valence-electron chi connectivity index (χ0n) is 12.9. The summed E-state index contributed by atoms with van der Waals surface area (Å²) in [5.41, 5.74) is -0.349. The summed E-state index contributed by atoms with van der Waals surface area (Å²) in [6.45, 7) is 0. The number of fused-ring (bicyclic) bond motifs is 1. The molecule has 8 heteroatoms. The second kappa shape index (κ2) is 6.04. The molecule has 0 aliphatic rings. The Bertz CT molecular complexity index is 971. The van der Waals surface area contributed by atoms with Gasteiger partial charge in [-0.25, -0.2) is 4.98 Å². The lowest BCUT2D eigenvalue weighted by Crippen LogP contribution is -2.05. The van der Waals surface area contributed by atoms with Crippen LogP contribution in [0.5, 0.6) is 5.75 Å². The van der Waals surface area contributed by atoms with Crippen molar-refractivity contribution >= 4 is 16.6 Å². The Morgan fingerprint density at radius 1 is 1.16 bits per heavy atom. The summed E-state index contributed by atoms with van der Waals surface area (Å²) in [7, 11) is 1.22. The molecule has 0 aliphatic heterocycles. The van der Waals surface area contributed by atoms with Crippen molar-refractivity contribution in [2.75, 3.05) is 7.11 Å². The van der Waals surface area contributed by atoms with Crippen molar-refractivity contribution in [1.82, 2.24) is 4.98 Å². The SMILES string of the molecule is COc1cc(C(F)(F)F)ccc1-c1c([N+](=O)[O-])cnc2ccccc12. The van der Waals surface area contributed by atoms with Gasteiger partial charge in [0.2, 0.25) is 0 Å². The highest BCUT2D eigenvalue weighted by molar-refractivity contribution is 6.00. The first-order chi connectivity index (χ1) is 11.8. The quantitative estimate of drug-likeness (QED) is 0.502. The number of aromatic nitrogens is 1. The maximum atomic E-state index is 12.9.